The second kappa shape index (κ2) is 6.30. The summed E-state index contributed by atoms with van der Waals surface area (Å²) in [5.74, 6) is -0.358. The number of aromatic nitrogens is 5. The number of pyridine rings is 1. The van der Waals surface area contributed by atoms with Crippen molar-refractivity contribution in [2.45, 2.75) is 6.92 Å². The lowest BCUT2D eigenvalue weighted by atomic mass is 10.00. The van der Waals surface area contributed by atoms with Gasteiger partial charge < -0.3 is 5.73 Å². The van der Waals surface area contributed by atoms with E-state index in [0.29, 0.717) is 38.9 Å². The zero-order valence-electron chi connectivity index (χ0n) is 14.0. The average molecular weight is 380 g/mol. The van der Waals surface area contributed by atoms with Gasteiger partial charge in [-0.25, -0.2) is 14.4 Å². The number of aryl methyl sites for hydroxylation is 1. The van der Waals surface area contributed by atoms with Gasteiger partial charge in [0.25, 0.3) is 5.82 Å². The largest absolute Gasteiger partial charge is 0.368 e. The highest BCUT2D eigenvalue weighted by Crippen LogP contribution is 2.35. The number of hydrogen-bond donors (Lipinski definition) is 1. The van der Waals surface area contributed by atoms with Crippen molar-refractivity contribution >= 4 is 23.2 Å². The molecule has 2 N–H and O–H groups in total. The molecule has 3 heterocycles. The van der Waals surface area contributed by atoms with E-state index in [4.69, 9.17) is 17.3 Å². The molecule has 0 radical (unpaired) electrons. The number of nitrogens with zero attached hydrogens (tertiary/aromatic N) is 6. The molecule has 0 bridgehead atoms. The van der Waals surface area contributed by atoms with Crippen LogP contribution in [-0.2, 0) is 0 Å². The maximum atomic E-state index is 13.4. The molecular formula is C18H11ClFN7. The fourth-order valence-corrected chi connectivity index (χ4v) is 3.11. The van der Waals surface area contributed by atoms with E-state index in [1.54, 1.807) is 25.1 Å². The normalized spacial score (nSPS) is 10.9. The first-order valence-electron chi connectivity index (χ1n) is 7.83. The van der Waals surface area contributed by atoms with Crippen molar-refractivity contribution in [1.82, 2.24) is 24.6 Å². The predicted octanol–water partition coefficient (Wildman–Crippen LogP) is 3.41. The maximum Gasteiger partial charge on any atom is 0.253 e. The lowest BCUT2D eigenvalue weighted by Gasteiger charge is -2.12. The smallest absolute Gasteiger partial charge is 0.253 e. The molecule has 0 aliphatic carbocycles. The molecule has 0 fully saturated rings. The SMILES string of the molecule is Cc1cc(-c2c(-c3ccc(F)cc3)nc(N)n3nc(C#N)nc23)cc(Cl)n1. The minimum absolute atomic E-state index is 0.0436. The van der Waals surface area contributed by atoms with Gasteiger partial charge in [-0.15, -0.1) is 5.10 Å². The van der Waals surface area contributed by atoms with Crippen LogP contribution >= 0.6 is 11.6 Å². The number of anilines is 1. The number of nitriles is 1. The number of nitrogens with two attached hydrogens (primary N) is 1. The molecule has 0 unspecified atom stereocenters. The molecule has 27 heavy (non-hydrogen) atoms. The minimum Gasteiger partial charge on any atom is -0.368 e. The molecule has 0 saturated carbocycles. The number of hydrogen-bond acceptors (Lipinski definition) is 6. The van der Waals surface area contributed by atoms with Gasteiger partial charge in [-0.1, -0.05) is 11.6 Å². The van der Waals surface area contributed by atoms with E-state index < -0.39 is 0 Å². The fourth-order valence-electron chi connectivity index (χ4n) is 2.86. The molecule has 0 saturated heterocycles. The molecule has 0 spiro atoms. The molecule has 1 aromatic carbocycles. The van der Waals surface area contributed by atoms with Gasteiger partial charge in [0.15, 0.2) is 5.65 Å². The summed E-state index contributed by atoms with van der Waals surface area (Å²) < 4.78 is 14.7. The first kappa shape index (κ1) is 16.9. The maximum absolute atomic E-state index is 13.4. The summed E-state index contributed by atoms with van der Waals surface area (Å²) in [6.07, 6.45) is 0. The van der Waals surface area contributed by atoms with Crippen molar-refractivity contribution in [2.75, 3.05) is 5.73 Å². The lowest BCUT2D eigenvalue weighted by molar-refractivity contribution is 0.628. The Hall–Kier alpha value is -3.57. The van der Waals surface area contributed by atoms with Crippen LogP contribution < -0.4 is 5.73 Å². The van der Waals surface area contributed by atoms with Crippen molar-refractivity contribution in [2.24, 2.45) is 0 Å². The third kappa shape index (κ3) is 2.94. The Morgan fingerprint density at radius 1 is 1.11 bits per heavy atom. The molecule has 0 aliphatic heterocycles. The van der Waals surface area contributed by atoms with Gasteiger partial charge in [0.1, 0.15) is 17.0 Å². The molecule has 132 valence electrons. The van der Waals surface area contributed by atoms with Crippen LogP contribution in [0.3, 0.4) is 0 Å². The Bertz CT molecular complexity index is 1210. The van der Waals surface area contributed by atoms with E-state index in [0.717, 1.165) is 0 Å². The van der Waals surface area contributed by atoms with Gasteiger partial charge in [-0.2, -0.15) is 14.8 Å². The second-order valence-corrected chi connectivity index (χ2v) is 6.19. The molecule has 0 atom stereocenters. The summed E-state index contributed by atoms with van der Waals surface area (Å²) in [4.78, 5) is 12.9. The third-order valence-corrected chi connectivity index (χ3v) is 4.13. The van der Waals surface area contributed by atoms with E-state index in [2.05, 4.69) is 20.1 Å². The van der Waals surface area contributed by atoms with Crippen LogP contribution in [0, 0.1) is 24.1 Å². The third-order valence-electron chi connectivity index (χ3n) is 3.94. The molecule has 0 aliphatic rings. The number of benzene rings is 1. The first-order valence-corrected chi connectivity index (χ1v) is 8.21. The van der Waals surface area contributed by atoms with Gasteiger partial charge in [0.2, 0.25) is 5.95 Å². The Morgan fingerprint density at radius 2 is 1.85 bits per heavy atom. The Balaban J connectivity index is 2.13. The summed E-state index contributed by atoms with van der Waals surface area (Å²) in [6.45, 7) is 1.80. The molecule has 3 aromatic heterocycles. The van der Waals surface area contributed by atoms with Crippen molar-refractivity contribution in [1.29, 1.82) is 5.26 Å². The summed E-state index contributed by atoms with van der Waals surface area (Å²) in [6, 6.07) is 11.2. The number of halogens is 2. The second-order valence-electron chi connectivity index (χ2n) is 5.80. The van der Waals surface area contributed by atoms with Crippen LogP contribution in [-0.4, -0.2) is 24.6 Å². The van der Waals surface area contributed by atoms with Crippen molar-refractivity contribution < 1.29 is 4.39 Å². The van der Waals surface area contributed by atoms with E-state index in [9.17, 15) is 9.65 Å². The minimum atomic E-state index is -0.369. The molecule has 7 nitrogen and oxygen atoms in total. The van der Waals surface area contributed by atoms with Crippen LogP contribution in [0.15, 0.2) is 36.4 Å². The molecule has 9 heteroatoms. The molecular weight excluding hydrogens is 369 g/mol. The topological polar surface area (TPSA) is 106 Å². The van der Waals surface area contributed by atoms with E-state index in [-0.39, 0.29) is 17.6 Å². The van der Waals surface area contributed by atoms with Crippen molar-refractivity contribution in [3.8, 4) is 28.5 Å². The van der Waals surface area contributed by atoms with Crippen LogP contribution in [0.5, 0.6) is 0 Å². The Labute approximate surface area is 157 Å². The highest BCUT2D eigenvalue weighted by Gasteiger charge is 2.20. The molecule has 4 aromatic rings. The Kier molecular flexibility index (Phi) is 3.94. The summed E-state index contributed by atoms with van der Waals surface area (Å²) in [7, 11) is 0. The van der Waals surface area contributed by atoms with E-state index >= 15 is 0 Å². The average Bonchev–Trinajstić information content (AvgIpc) is 3.06. The number of fused-ring (bicyclic) bond motifs is 1. The number of nitrogen functional groups attached to an aromatic ring is 1. The van der Waals surface area contributed by atoms with Crippen molar-refractivity contribution in [3.63, 3.8) is 0 Å². The van der Waals surface area contributed by atoms with Crippen LogP contribution in [0.4, 0.5) is 10.3 Å². The lowest BCUT2D eigenvalue weighted by Crippen LogP contribution is -2.06. The highest BCUT2D eigenvalue weighted by molar-refractivity contribution is 6.29. The predicted molar refractivity (Wildman–Crippen MR) is 98.3 cm³/mol. The summed E-state index contributed by atoms with van der Waals surface area (Å²) in [5, 5.41) is 13.5. The van der Waals surface area contributed by atoms with Crippen molar-refractivity contribution in [3.05, 3.63) is 58.9 Å². The summed E-state index contributed by atoms with van der Waals surface area (Å²) >= 11 is 6.13. The molecule has 4 rings (SSSR count). The zero-order chi connectivity index (χ0) is 19.1. The molecule has 0 amide bonds. The van der Waals surface area contributed by atoms with Crippen LogP contribution in [0.2, 0.25) is 5.15 Å². The zero-order valence-corrected chi connectivity index (χ0v) is 14.7. The van der Waals surface area contributed by atoms with E-state index in [1.807, 2.05) is 12.1 Å². The fraction of sp³-hybridized carbons (Fsp3) is 0.0556. The quantitative estimate of drug-likeness (QED) is 0.535. The highest BCUT2D eigenvalue weighted by atomic mass is 35.5. The van der Waals surface area contributed by atoms with Gasteiger partial charge in [0.05, 0.1) is 11.3 Å². The summed E-state index contributed by atoms with van der Waals surface area (Å²) in [5.41, 5.74) is 9.42. The van der Waals surface area contributed by atoms with Crippen LogP contribution in [0.1, 0.15) is 11.5 Å². The van der Waals surface area contributed by atoms with Gasteiger partial charge in [-0.05, 0) is 48.9 Å². The van der Waals surface area contributed by atoms with Gasteiger partial charge in [0, 0.05) is 11.3 Å². The number of rotatable bonds is 2. The first-order chi connectivity index (χ1) is 13.0. The van der Waals surface area contributed by atoms with Gasteiger partial charge in [-0.3, -0.25) is 0 Å². The van der Waals surface area contributed by atoms with Gasteiger partial charge >= 0.3 is 0 Å². The Morgan fingerprint density at radius 3 is 2.52 bits per heavy atom. The monoisotopic (exact) mass is 379 g/mol. The van der Waals surface area contributed by atoms with Crippen LogP contribution in [0.25, 0.3) is 28.0 Å². The van der Waals surface area contributed by atoms with E-state index in [1.165, 1.54) is 16.6 Å². The standard InChI is InChI=1S/C18H11ClFN7/c1-9-6-11(7-13(19)23-9)15-16(10-2-4-12(20)5-3-10)25-18(22)27-17(15)24-14(8-21)26-27/h2-7H,1H3,(H2,22,25).